The van der Waals surface area contributed by atoms with Crippen LogP contribution in [0.25, 0.3) is 0 Å². The first-order chi connectivity index (χ1) is 5.24. The highest BCUT2D eigenvalue weighted by atomic mass is 35.5. The minimum absolute atomic E-state index is 0.330. The van der Waals surface area contributed by atoms with E-state index in [-0.39, 0.29) is 5.82 Å². The van der Waals surface area contributed by atoms with Gasteiger partial charge >= 0.3 is 0 Å². The Kier molecular flexibility index (Phi) is 2.79. The van der Waals surface area contributed by atoms with Crippen LogP contribution in [0.2, 0.25) is 5.15 Å². The van der Waals surface area contributed by atoms with Gasteiger partial charge in [0.1, 0.15) is 11.0 Å². The third-order valence-electron chi connectivity index (χ3n) is 1.29. The average molecular weight is 175 g/mol. The molecule has 0 amide bonds. The van der Waals surface area contributed by atoms with Crippen LogP contribution in [0.3, 0.4) is 0 Å². The summed E-state index contributed by atoms with van der Waals surface area (Å²) in [5.41, 5.74) is 5.93. The number of nitrogens with zero attached hydrogens (tertiary/aromatic N) is 1. The van der Waals surface area contributed by atoms with Crippen LogP contribution in [0.15, 0.2) is 12.3 Å². The molecular formula is C7H8ClFN2. The standard InChI is InChI=1S/C7H8ClFN2/c8-7-5(1-2-10)3-6(9)4-11-7/h3-4H,1-2,10H2. The summed E-state index contributed by atoms with van der Waals surface area (Å²) >= 11 is 5.64. The van der Waals surface area contributed by atoms with E-state index in [2.05, 4.69) is 4.98 Å². The number of hydrogen-bond acceptors (Lipinski definition) is 2. The second kappa shape index (κ2) is 3.64. The van der Waals surface area contributed by atoms with Crippen LogP contribution in [0.4, 0.5) is 4.39 Å². The molecule has 0 aliphatic carbocycles. The van der Waals surface area contributed by atoms with Crippen molar-refractivity contribution >= 4 is 11.6 Å². The van der Waals surface area contributed by atoms with Gasteiger partial charge in [0.05, 0.1) is 6.20 Å². The Morgan fingerprint density at radius 1 is 1.64 bits per heavy atom. The third-order valence-corrected chi connectivity index (χ3v) is 1.63. The molecule has 0 fully saturated rings. The van der Waals surface area contributed by atoms with E-state index in [1.807, 2.05) is 0 Å². The fraction of sp³-hybridized carbons (Fsp3) is 0.286. The van der Waals surface area contributed by atoms with Crippen molar-refractivity contribution in [3.05, 3.63) is 28.8 Å². The zero-order valence-corrected chi connectivity index (χ0v) is 6.61. The lowest BCUT2D eigenvalue weighted by molar-refractivity contribution is 0.618. The van der Waals surface area contributed by atoms with E-state index in [1.54, 1.807) is 0 Å². The van der Waals surface area contributed by atoms with Crippen molar-refractivity contribution in [1.29, 1.82) is 0 Å². The molecule has 0 atom stereocenters. The molecule has 1 heterocycles. The quantitative estimate of drug-likeness (QED) is 0.688. The number of aromatic nitrogens is 1. The molecule has 0 aliphatic heterocycles. The highest BCUT2D eigenvalue weighted by Crippen LogP contribution is 2.13. The highest BCUT2D eigenvalue weighted by Gasteiger charge is 2.01. The fourth-order valence-corrected chi connectivity index (χ4v) is 0.993. The molecule has 1 aromatic rings. The van der Waals surface area contributed by atoms with Crippen molar-refractivity contribution in [2.24, 2.45) is 5.73 Å². The highest BCUT2D eigenvalue weighted by molar-refractivity contribution is 6.30. The lowest BCUT2D eigenvalue weighted by atomic mass is 10.2. The number of rotatable bonds is 2. The molecule has 60 valence electrons. The van der Waals surface area contributed by atoms with E-state index in [0.29, 0.717) is 23.7 Å². The van der Waals surface area contributed by atoms with Gasteiger partial charge in [0, 0.05) is 0 Å². The van der Waals surface area contributed by atoms with Crippen LogP contribution in [0.5, 0.6) is 0 Å². The molecule has 0 spiro atoms. The first-order valence-electron chi connectivity index (χ1n) is 3.24. The zero-order valence-electron chi connectivity index (χ0n) is 5.85. The Balaban J connectivity index is 2.93. The molecule has 0 radical (unpaired) electrons. The van der Waals surface area contributed by atoms with Gasteiger partial charge in [0.15, 0.2) is 0 Å². The lowest BCUT2D eigenvalue weighted by Crippen LogP contribution is -2.04. The Hall–Kier alpha value is -0.670. The van der Waals surface area contributed by atoms with E-state index >= 15 is 0 Å². The van der Waals surface area contributed by atoms with Gasteiger partial charge in [-0.2, -0.15) is 0 Å². The molecule has 0 aliphatic rings. The smallest absolute Gasteiger partial charge is 0.141 e. The molecule has 1 aromatic heterocycles. The molecular weight excluding hydrogens is 167 g/mol. The van der Waals surface area contributed by atoms with Crippen molar-refractivity contribution in [2.75, 3.05) is 6.54 Å². The Bertz CT molecular complexity index is 252. The fourth-order valence-electron chi connectivity index (χ4n) is 0.795. The monoisotopic (exact) mass is 174 g/mol. The van der Waals surface area contributed by atoms with Crippen LogP contribution in [0.1, 0.15) is 5.56 Å². The Morgan fingerprint density at radius 3 is 3.00 bits per heavy atom. The predicted octanol–water partition coefficient (Wildman–Crippen LogP) is 1.38. The molecule has 0 aromatic carbocycles. The molecule has 4 heteroatoms. The van der Waals surface area contributed by atoms with Crippen LogP contribution in [0, 0.1) is 5.82 Å². The van der Waals surface area contributed by atoms with E-state index in [1.165, 1.54) is 6.07 Å². The van der Waals surface area contributed by atoms with Gasteiger partial charge in [-0.25, -0.2) is 9.37 Å². The first kappa shape index (κ1) is 8.43. The van der Waals surface area contributed by atoms with Gasteiger partial charge in [-0.05, 0) is 24.6 Å². The van der Waals surface area contributed by atoms with Gasteiger partial charge < -0.3 is 5.73 Å². The maximum atomic E-state index is 12.5. The molecule has 0 unspecified atom stereocenters. The maximum absolute atomic E-state index is 12.5. The van der Waals surface area contributed by atoms with Crippen LogP contribution in [-0.4, -0.2) is 11.5 Å². The molecule has 0 saturated carbocycles. The number of hydrogen-bond donors (Lipinski definition) is 1. The van der Waals surface area contributed by atoms with Gasteiger partial charge in [-0.1, -0.05) is 11.6 Å². The second-order valence-electron chi connectivity index (χ2n) is 2.14. The second-order valence-corrected chi connectivity index (χ2v) is 2.50. The molecule has 11 heavy (non-hydrogen) atoms. The first-order valence-corrected chi connectivity index (χ1v) is 3.62. The summed E-state index contributed by atoms with van der Waals surface area (Å²) in [6.07, 6.45) is 1.64. The van der Waals surface area contributed by atoms with Gasteiger partial charge in [0.25, 0.3) is 0 Å². The maximum Gasteiger partial charge on any atom is 0.141 e. The third kappa shape index (κ3) is 2.13. The van der Waals surface area contributed by atoms with Crippen molar-refractivity contribution in [2.45, 2.75) is 6.42 Å². The zero-order chi connectivity index (χ0) is 8.27. The Labute approximate surface area is 69.2 Å². The molecule has 1 rings (SSSR count). The number of halogens is 2. The summed E-state index contributed by atoms with van der Waals surface area (Å²) in [6, 6.07) is 1.35. The van der Waals surface area contributed by atoms with Crippen LogP contribution in [-0.2, 0) is 6.42 Å². The summed E-state index contributed by atoms with van der Waals surface area (Å²) in [5, 5.41) is 0.330. The minimum atomic E-state index is -0.377. The van der Waals surface area contributed by atoms with E-state index in [0.717, 1.165) is 6.20 Å². The normalized spacial score (nSPS) is 10.1. The number of nitrogens with two attached hydrogens (primary N) is 1. The Morgan fingerprint density at radius 2 is 2.36 bits per heavy atom. The largest absolute Gasteiger partial charge is 0.330 e. The van der Waals surface area contributed by atoms with Gasteiger partial charge in [0.2, 0.25) is 0 Å². The molecule has 0 bridgehead atoms. The van der Waals surface area contributed by atoms with Gasteiger partial charge in [-0.3, -0.25) is 0 Å². The van der Waals surface area contributed by atoms with Gasteiger partial charge in [-0.15, -0.1) is 0 Å². The molecule has 2 N–H and O–H groups in total. The molecule has 0 saturated heterocycles. The van der Waals surface area contributed by atoms with Crippen molar-refractivity contribution < 1.29 is 4.39 Å². The lowest BCUT2D eigenvalue weighted by Gasteiger charge is -1.99. The van der Waals surface area contributed by atoms with Crippen LogP contribution < -0.4 is 5.73 Å². The molecule has 2 nitrogen and oxygen atoms in total. The summed E-state index contributed by atoms with van der Waals surface area (Å²) in [5.74, 6) is -0.377. The summed E-state index contributed by atoms with van der Waals surface area (Å²) in [4.78, 5) is 3.63. The van der Waals surface area contributed by atoms with E-state index < -0.39 is 0 Å². The average Bonchev–Trinajstić information content (AvgIpc) is 1.98. The van der Waals surface area contributed by atoms with Crippen molar-refractivity contribution in [3.63, 3.8) is 0 Å². The van der Waals surface area contributed by atoms with Crippen LogP contribution >= 0.6 is 11.6 Å². The minimum Gasteiger partial charge on any atom is -0.330 e. The SMILES string of the molecule is NCCc1cc(F)cnc1Cl. The summed E-state index contributed by atoms with van der Waals surface area (Å²) < 4.78 is 12.5. The topological polar surface area (TPSA) is 38.9 Å². The van der Waals surface area contributed by atoms with E-state index in [4.69, 9.17) is 17.3 Å². The summed E-state index contributed by atoms with van der Waals surface area (Å²) in [6.45, 7) is 0.449. The van der Waals surface area contributed by atoms with Crippen molar-refractivity contribution in [1.82, 2.24) is 4.98 Å². The van der Waals surface area contributed by atoms with E-state index in [9.17, 15) is 4.39 Å². The summed E-state index contributed by atoms with van der Waals surface area (Å²) in [7, 11) is 0. The number of pyridine rings is 1. The predicted molar refractivity (Wildman–Crippen MR) is 42.0 cm³/mol. The van der Waals surface area contributed by atoms with Crippen molar-refractivity contribution in [3.8, 4) is 0 Å².